The van der Waals surface area contributed by atoms with Crippen LogP contribution in [0.2, 0.25) is 0 Å². The first kappa shape index (κ1) is 16.6. The molecule has 6 heteroatoms. The van der Waals surface area contributed by atoms with Gasteiger partial charge in [-0.3, -0.25) is 9.48 Å². The Kier molecular flexibility index (Phi) is 4.15. The largest absolute Gasteiger partial charge is 0.322 e. The molecule has 1 amide bonds. The third-order valence-electron chi connectivity index (χ3n) is 5.22. The minimum Gasteiger partial charge on any atom is -0.322 e. The number of aromatic nitrogens is 2. The van der Waals surface area contributed by atoms with E-state index in [0.717, 1.165) is 5.56 Å². The van der Waals surface area contributed by atoms with Crippen LogP contribution in [-0.4, -0.2) is 15.7 Å². The number of hydrogen-bond acceptors (Lipinski definition) is 2. The molecule has 0 bridgehead atoms. The molecule has 3 atom stereocenters. The van der Waals surface area contributed by atoms with E-state index in [2.05, 4.69) is 37.3 Å². The normalized spacial score (nSPS) is 22.7. The Labute approximate surface area is 139 Å². The van der Waals surface area contributed by atoms with Gasteiger partial charge in [-0.15, -0.1) is 0 Å². The summed E-state index contributed by atoms with van der Waals surface area (Å²) in [4.78, 5) is 12.5. The highest BCUT2D eigenvalue weighted by Gasteiger charge is 2.34. The van der Waals surface area contributed by atoms with Gasteiger partial charge >= 0.3 is 0 Å². The van der Waals surface area contributed by atoms with E-state index in [0.29, 0.717) is 23.4 Å². The third kappa shape index (κ3) is 2.60. The minimum atomic E-state index is -2.78. The van der Waals surface area contributed by atoms with Gasteiger partial charge in [0.25, 0.3) is 12.3 Å². The number of carbonyl (C=O) groups excluding carboxylic acids is 1. The highest BCUT2D eigenvalue weighted by atomic mass is 19.3. The third-order valence-corrected chi connectivity index (χ3v) is 5.22. The maximum Gasteiger partial charge on any atom is 0.282 e. The molecule has 1 aromatic carbocycles. The lowest BCUT2D eigenvalue weighted by Crippen LogP contribution is -2.15. The molecule has 0 fully saturated rings. The number of alkyl halides is 2. The zero-order valence-corrected chi connectivity index (χ0v) is 14.2. The number of nitrogens with zero attached hydrogens (tertiary/aromatic N) is 2. The number of rotatable bonds is 3. The van der Waals surface area contributed by atoms with Crippen LogP contribution in [0.4, 0.5) is 14.5 Å². The van der Waals surface area contributed by atoms with Crippen LogP contribution in [0, 0.1) is 5.92 Å². The van der Waals surface area contributed by atoms with Crippen molar-refractivity contribution >= 4 is 11.6 Å². The quantitative estimate of drug-likeness (QED) is 0.901. The zero-order valence-electron chi connectivity index (χ0n) is 14.2. The molecule has 1 aliphatic carbocycles. The molecule has 1 aliphatic rings. The topological polar surface area (TPSA) is 46.9 Å². The Morgan fingerprint density at radius 1 is 1.25 bits per heavy atom. The second kappa shape index (κ2) is 6.00. The van der Waals surface area contributed by atoms with Crippen molar-refractivity contribution in [1.82, 2.24) is 9.78 Å². The zero-order chi connectivity index (χ0) is 17.6. The van der Waals surface area contributed by atoms with Crippen molar-refractivity contribution in [3.63, 3.8) is 0 Å². The Hall–Kier alpha value is -2.24. The molecule has 24 heavy (non-hydrogen) atoms. The highest BCUT2D eigenvalue weighted by Crippen LogP contribution is 2.48. The van der Waals surface area contributed by atoms with E-state index in [-0.39, 0.29) is 5.56 Å². The first-order valence-electron chi connectivity index (χ1n) is 8.07. The van der Waals surface area contributed by atoms with Gasteiger partial charge in [-0.1, -0.05) is 32.9 Å². The molecular weight excluding hydrogens is 312 g/mol. The lowest BCUT2D eigenvalue weighted by Gasteiger charge is -2.15. The summed E-state index contributed by atoms with van der Waals surface area (Å²) in [5.74, 6) is 0.621. The Morgan fingerprint density at radius 3 is 2.62 bits per heavy atom. The van der Waals surface area contributed by atoms with Gasteiger partial charge in [-0.05, 0) is 34.9 Å². The molecule has 2 aromatic rings. The van der Waals surface area contributed by atoms with Crippen LogP contribution >= 0.6 is 0 Å². The fourth-order valence-corrected chi connectivity index (χ4v) is 3.61. The SMILES string of the molecule is CC1c2c(NC(=O)c3cn(C)nc3C(F)F)cccc2[C@H](C)C1C. The highest BCUT2D eigenvalue weighted by molar-refractivity contribution is 6.05. The molecule has 0 saturated heterocycles. The summed E-state index contributed by atoms with van der Waals surface area (Å²) in [6, 6.07) is 5.80. The van der Waals surface area contributed by atoms with Crippen molar-refractivity contribution in [3.8, 4) is 0 Å². The van der Waals surface area contributed by atoms with Gasteiger partial charge in [-0.2, -0.15) is 5.10 Å². The summed E-state index contributed by atoms with van der Waals surface area (Å²) in [5.41, 5.74) is 2.45. The van der Waals surface area contributed by atoms with Crippen LogP contribution in [0.1, 0.15) is 66.2 Å². The van der Waals surface area contributed by atoms with Crippen LogP contribution in [0.3, 0.4) is 0 Å². The van der Waals surface area contributed by atoms with Gasteiger partial charge in [0.15, 0.2) is 0 Å². The molecule has 2 unspecified atom stereocenters. The van der Waals surface area contributed by atoms with E-state index >= 15 is 0 Å². The molecule has 128 valence electrons. The predicted molar refractivity (Wildman–Crippen MR) is 88.6 cm³/mol. The fraction of sp³-hybridized carbons (Fsp3) is 0.444. The number of carbonyl (C=O) groups is 1. The molecule has 3 rings (SSSR count). The van der Waals surface area contributed by atoms with Crippen LogP contribution in [0.5, 0.6) is 0 Å². The van der Waals surface area contributed by atoms with E-state index in [1.54, 1.807) is 0 Å². The lowest BCUT2D eigenvalue weighted by atomic mass is 9.91. The lowest BCUT2D eigenvalue weighted by molar-refractivity contribution is 0.101. The van der Waals surface area contributed by atoms with Crippen LogP contribution in [0.15, 0.2) is 24.4 Å². The van der Waals surface area contributed by atoms with Crippen molar-refractivity contribution in [3.05, 3.63) is 46.8 Å². The van der Waals surface area contributed by atoms with E-state index < -0.39 is 18.0 Å². The number of nitrogens with one attached hydrogen (secondary N) is 1. The first-order valence-corrected chi connectivity index (χ1v) is 8.07. The van der Waals surface area contributed by atoms with Gasteiger partial charge in [0, 0.05) is 18.9 Å². The second-order valence-corrected chi connectivity index (χ2v) is 6.60. The van der Waals surface area contributed by atoms with Crippen molar-refractivity contribution in [1.29, 1.82) is 0 Å². The molecule has 4 nitrogen and oxygen atoms in total. The Balaban J connectivity index is 1.95. The summed E-state index contributed by atoms with van der Waals surface area (Å²) in [5, 5.41) is 6.50. The molecule has 0 aliphatic heterocycles. The number of amides is 1. The van der Waals surface area contributed by atoms with E-state index in [4.69, 9.17) is 0 Å². The average molecular weight is 333 g/mol. The maximum absolute atomic E-state index is 13.1. The summed E-state index contributed by atoms with van der Waals surface area (Å²) in [6.07, 6.45) is -1.46. The predicted octanol–water partition coefficient (Wildman–Crippen LogP) is 4.47. The average Bonchev–Trinajstić information content (AvgIpc) is 3.03. The second-order valence-electron chi connectivity index (χ2n) is 6.60. The summed E-state index contributed by atoms with van der Waals surface area (Å²) < 4.78 is 27.4. The fourth-order valence-electron chi connectivity index (χ4n) is 3.61. The molecule has 1 aromatic heterocycles. The van der Waals surface area contributed by atoms with E-state index in [9.17, 15) is 13.6 Å². The minimum absolute atomic E-state index is 0.0862. The molecule has 0 radical (unpaired) electrons. The van der Waals surface area contributed by atoms with Crippen molar-refractivity contribution in [2.24, 2.45) is 13.0 Å². The van der Waals surface area contributed by atoms with Crippen LogP contribution in [-0.2, 0) is 7.05 Å². The Bertz CT molecular complexity index is 785. The van der Waals surface area contributed by atoms with Crippen molar-refractivity contribution in [2.75, 3.05) is 5.32 Å². The standard InChI is InChI=1S/C18H21F2N3O/c1-9-10(2)12-6-5-7-14(15(12)11(9)3)21-18(24)13-8-23(4)22-16(13)17(19)20/h5-11,17H,1-4H3,(H,21,24)/t9?,10-,11?/m1/s1. The van der Waals surface area contributed by atoms with Crippen LogP contribution in [0.25, 0.3) is 0 Å². The molecule has 1 heterocycles. The number of hydrogen-bond donors (Lipinski definition) is 1. The monoisotopic (exact) mass is 333 g/mol. The van der Waals surface area contributed by atoms with Gasteiger partial charge in [0.05, 0.1) is 5.56 Å². The van der Waals surface area contributed by atoms with E-state index in [1.807, 2.05) is 12.1 Å². The first-order chi connectivity index (χ1) is 11.3. The Morgan fingerprint density at radius 2 is 1.96 bits per heavy atom. The molecule has 0 spiro atoms. The van der Waals surface area contributed by atoms with Crippen molar-refractivity contribution < 1.29 is 13.6 Å². The van der Waals surface area contributed by atoms with Gasteiger partial charge in [0.1, 0.15) is 5.69 Å². The molecular formula is C18H21F2N3O. The summed E-state index contributed by atoms with van der Waals surface area (Å²) in [6.45, 7) is 6.50. The molecule has 1 N–H and O–H groups in total. The van der Waals surface area contributed by atoms with Gasteiger partial charge in [0.2, 0.25) is 0 Å². The molecule has 0 saturated carbocycles. The smallest absolute Gasteiger partial charge is 0.282 e. The van der Waals surface area contributed by atoms with E-state index in [1.165, 1.54) is 23.5 Å². The number of benzene rings is 1. The maximum atomic E-state index is 13.1. The summed E-state index contributed by atoms with van der Waals surface area (Å²) >= 11 is 0. The number of fused-ring (bicyclic) bond motifs is 1. The number of halogens is 2. The van der Waals surface area contributed by atoms with Crippen LogP contribution < -0.4 is 5.32 Å². The number of anilines is 1. The summed E-state index contributed by atoms with van der Waals surface area (Å²) in [7, 11) is 1.52. The van der Waals surface area contributed by atoms with Crippen molar-refractivity contribution in [2.45, 2.75) is 39.0 Å². The van der Waals surface area contributed by atoms with Gasteiger partial charge in [-0.25, -0.2) is 8.78 Å². The van der Waals surface area contributed by atoms with Gasteiger partial charge < -0.3 is 5.32 Å². The number of aryl methyl sites for hydroxylation is 1.